The van der Waals surface area contributed by atoms with E-state index in [0.29, 0.717) is 6.61 Å². The Balaban J connectivity index is 2.09. The zero-order valence-electron chi connectivity index (χ0n) is 11.1. The molecule has 0 radical (unpaired) electrons. The van der Waals surface area contributed by atoms with Crippen LogP contribution in [0.1, 0.15) is 32.3 Å². The summed E-state index contributed by atoms with van der Waals surface area (Å²) in [6.45, 7) is 4.75. The number of carbonyl (C=O) groups excluding carboxylic acids is 1. The van der Waals surface area contributed by atoms with Crippen molar-refractivity contribution < 1.29 is 9.63 Å². The second kappa shape index (κ2) is 8.66. The summed E-state index contributed by atoms with van der Waals surface area (Å²) in [5.41, 5.74) is 3.74. The van der Waals surface area contributed by atoms with Crippen molar-refractivity contribution in [3.8, 4) is 0 Å². The molecule has 0 aliphatic rings. The van der Waals surface area contributed by atoms with Crippen LogP contribution in [-0.4, -0.2) is 18.5 Å². The molecule has 100 valence electrons. The number of hydrogen-bond acceptors (Lipinski definition) is 3. The molecule has 0 bridgehead atoms. The van der Waals surface area contributed by atoms with Gasteiger partial charge in [-0.3, -0.25) is 9.63 Å². The van der Waals surface area contributed by atoms with Crippen molar-refractivity contribution in [1.82, 2.24) is 10.8 Å². The predicted molar refractivity (Wildman–Crippen MR) is 71.7 cm³/mol. The monoisotopic (exact) mass is 250 g/mol. The number of rotatable bonds is 8. The lowest BCUT2D eigenvalue weighted by atomic mass is 10.2. The molecule has 1 atom stereocenters. The first-order valence-corrected chi connectivity index (χ1v) is 6.40. The molecule has 0 spiro atoms. The lowest BCUT2D eigenvalue weighted by Gasteiger charge is -2.13. The van der Waals surface area contributed by atoms with E-state index in [2.05, 4.69) is 17.7 Å². The molecule has 0 aliphatic carbocycles. The normalized spacial score (nSPS) is 12.1. The van der Waals surface area contributed by atoms with Crippen LogP contribution in [-0.2, 0) is 16.2 Å². The van der Waals surface area contributed by atoms with Gasteiger partial charge < -0.3 is 5.32 Å². The van der Waals surface area contributed by atoms with Gasteiger partial charge in [0.25, 0.3) is 0 Å². The second-order valence-electron chi connectivity index (χ2n) is 4.35. The van der Waals surface area contributed by atoms with E-state index in [1.54, 1.807) is 0 Å². The van der Waals surface area contributed by atoms with E-state index in [9.17, 15) is 4.79 Å². The molecule has 0 aromatic heterocycles. The third kappa shape index (κ3) is 6.37. The smallest absolute Gasteiger partial charge is 0.236 e. The number of amides is 1. The van der Waals surface area contributed by atoms with Crippen LogP contribution in [0.2, 0.25) is 0 Å². The Morgan fingerprint density at radius 3 is 2.72 bits per heavy atom. The number of nitrogens with one attached hydrogen (secondary N) is 2. The second-order valence-corrected chi connectivity index (χ2v) is 4.35. The molecule has 0 heterocycles. The lowest BCUT2D eigenvalue weighted by Crippen LogP contribution is -2.38. The fourth-order valence-electron chi connectivity index (χ4n) is 1.66. The SMILES string of the molecule is CCCC(C)NC(=O)CNOCc1ccccc1. The molecule has 1 aromatic carbocycles. The summed E-state index contributed by atoms with van der Waals surface area (Å²) in [4.78, 5) is 16.7. The average Bonchev–Trinajstić information content (AvgIpc) is 2.36. The van der Waals surface area contributed by atoms with E-state index in [4.69, 9.17) is 4.84 Å². The predicted octanol–water partition coefficient (Wildman–Crippen LogP) is 2.01. The Kier molecular flexibility index (Phi) is 7.06. The highest BCUT2D eigenvalue weighted by Gasteiger charge is 2.05. The number of hydroxylamine groups is 1. The van der Waals surface area contributed by atoms with Gasteiger partial charge in [-0.25, -0.2) is 0 Å². The first kappa shape index (κ1) is 14.7. The number of benzene rings is 1. The van der Waals surface area contributed by atoms with Gasteiger partial charge in [-0.05, 0) is 18.9 Å². The lowest BCUT2D eigenvalue weighted by molar-refractivity contribution is -0.123. The van der Waals surface area contributed by atoms with Gasteiger partial charge in [0, 0.05) is 6.04 Å². The maximum absolute atomic E-state index is 11.5. The van der Waals surface area contributed by atoms with Crippen LogP contribution < -0.4 is 10.8 Å². The first-order chi connectivity index (χ1) is 8.72. The zero-order valence-corrected chi connectivity index (χ0v) is 11.1. The fraction of sp³-hybridized carbons (Fsp3) is 0.500. The Bertz CT molecular complexity index is 341. The highest BCUT2D eigenvalue weighted by molar-refractivity contribution is 5.78. The minimum Gasteiger partial charge on any atom is -0.352 e. The third-order valence-electron chi connectivity index (χ3n) is 2.55. The molecule has 1 aromatic rings. The largest absolute Gasteiger partial charge is 0.352 e. The molecule has 1 amide bonds. The van der Waals surface area contributed by atoms with E-state index in [0.717, 1.165) is 18.4 Å². The summed E-state index contributed by atoms with van der Waals surface area (Å²) in [5, 5.41) is 2.90. The standard InChI is InChI=1S/C14H22N2O2/c1-3-7-12(2)16-14(17)10-15-18-11-13-8-5-4-6-9-13/h4-6,8-9,12,15H,3,7,10-11H2,1-2H3,(H,16,17). The van der Waals surface area contributed by atoms with Crippen molar-refractivity contribution in [2.24, 2.45) is 0 Å². The van der Waals surface area contributed by atoms with Gasteiger partial charge in [0.1, 0.15) is 0 Å². The minimum atomic E-state index is -0.0380. The Morgan fingerprint density at radius 1 is 1.33 bits per heavy atom. The van der Waals surface area contributed by atoms with Gasteiger partial charge in [0.05, 0.1) is 13.2 Å². The van der Waals surface area contributed by atoms with Crippen LogP contribution in [0.4, 0.5) is 0 Å². The molecular weight excluding hydrogens is 228 g/mol. The molecule has 18 heavy (non-hydrogen) atoms. The van der Waals surface area contributed by atoms with Crippen LogP contribution in [0.15, 0.2) is 30.3 Å². The third-order valence-corrected chi connectivity index (χ3v) is 2.55. The summed E-state index contributed by atoms with van der Waals surface area (Å²) in [7, 11) is 0. The quantitative estimate of drug-likeness (QED) is 0.548. The molecule has 0 aliphatic heterocycles. The first-order valence-electron chi connectivity index (χ1n) is 6.40. The van der Waals surface area contributed by atoms with Gasteiger partial charge >= 0.3 is 0 Å². The summed E-state index contributed by atoms with van der Waals surface area (Å²) in [6.07, 6.45) is 2.07. The molecule has 1 unspecified atom stereocenters. The minimum absolute atomic E-state index is 0.0380. The van der Waals surface area contributed by atoms with Gasteiger partial charge in [-0.15, -0.1) is 0 Å². The highest BCUT2D eigenvalue weighted by Crippen LogP contribution is 1.98. The van der Waals surface area contributed by atoms with Gasteiger partial charge in [-0.2, -0.15) is 5.48 Å². The molecule has 1 rings (SSSR count). The molecule has 4 nitrogen and oxygen atoms in total. The number of hydrogen-bond donors (Lipinski definition) is 2. The van der Waals surface area contributed by atoms with Crippen molar-refractivity contribution in [2.45, 2.75) is 39.3 Å². The fourth-order valence-corrected chi connectivity index (χ4v) is 1.66. The summed E-state index contributed by atoms with van der Waals surface area (Å²) >= 11 is 0. The summed E-state index contributed by atoms with van der Waals surface area (Å²) < 4.78 is 0. The molecule has 2 N–H and O–H groups in total. The molecule has 0 fully saturated rings. The van der Waals surface area contributed by atoms with Crippen LogP contribution in [0.5, 0.6) is 0 Å². The van der Waals surface area contributed by atoms with Crippen LogP contribution >= 0.6 is 0 Å². The Morgan fingerprint density at radius 2 is 2.06 bits per heavy atom. The highest BCUT2D eigenvalue weighted by atomic mass is 16.6. The van der Waals surface area contributed by atoms with E-state index in [1.165, 1.54) is 0 Å². The van der Waals surface area contributed by atoms with Gasteiger partial charge in [-0.1, -0.05) is 43.7 Å². The zero-order chi connectivity index (χ0) is 13.2. The molecule has 4 heteroatoms. The van der Waals surface area contributed by atoms with E-state index in [-0.39, 0.29) is 18.5 Å². The van der Waals surface area contributed by atoms with Crippen molar-refractivity contribution in [2.75, 3.05) is 6.54 Å². The summed E-state index contributed by atoms with van der Waals surface area (Å²) in [5.74, 6) is -0.0380. The van der Waals surface area contributed by atoms with Crippen molar-refractivity contribution in [1.29, 1.82) is 0 Å². The topological polar surface area (TPSA) is 50.4 Å². The number of carbonyl (C=O) groups is 1. The molecule has 0 saturated carbocycles. The molecule has 0 saturated heterocycles. The molecular formula is C14H22N2O2. The maximum Gasteiger partial charge on any atom is 0.236 e. The van der Waals surface area contributed by atoms with Crippen LogP contribution in [0.25, 0.3) is 0 Å². The average molecular weight is 250 g/mol. The van der Waals surface area contributed by atoms with Crippen molar-refractivity contribution >= 4 is 5.91 Å². The van der Waals surface area contributed by atoms with Crippen molar-refractivity contribution in [3.63, 3.8) is 0 Å². The van der Waals surface area contributed by atoms with Crippen LogP contribution in [0, 0.1) is 0 Å². The van der Waals surface area contributed by atoms with Gasteiger partial charge in [0.15, 0.2) is 0 Å². The Labute approximate surface area is 109 Å². The van der Waals surface area contributed by atoms with E-state index in [1.807, 2.05) is 37.3 Å². The summed E-state index contributed by atoms with van der Waals surface area (Å²) in [6, 6.07) is 10.0. The maximum atomic E-state index is 11.5. The van der Waals surface area contributed by atoms with E-state index < -0.39 is 0 Å². The van der Waals surface area contributed by atoms with E-state index >= 15 is 0 Å². The van der Waals surface area contributed by atoms with Gasteiger partial charge in [0.2, 0.25) is 5.91 Å². The van der Waals surface area contributed by atoms with Crippen molar-refractivity contribution in [3.05, 3.63) is 35.9 Å². The van der Waals surface area contributed by atoms with Crippen LogP contribution in [0.3, 0.4) is 0 Å². The Hall–Kier alpha value is -1.39.